The molecule has 0 radical (unpaired) electrons. The first-order valence-corrected chi connectivity index (χ1v) is 6.78. The Morgan fingerprint density at radius 3 is 2.44 bits per heavy atom. The van der Waals surface area contributed by atoms with Crippen LogP contribution >= 0.6 is 0 Å². The molecule has 1 aromatic carbocycles. The van der Waals surface area contributed by atoms with Gasteiger partial charge >= 0.3 is 0 Å². The third kappa shape index (κ3) is 2.14. The van der Waals surface area contributed by atoms with Crippen LogP contribution in [0.4, 0.5) is 0 Å². The molecular formula is C16H25NO. The van der Waals surface area contributed by atoms with Crippen LogP contribution in [-0.2, 0) is 0 Å². The molecule has 0 aliphatic heterocycles. The Kier molecular flexibility index (Phi) is 3.41. The Morgan fingerprint density at radius 1 is 1.22 bits per heavy atom. The molecule has 0 amide bonds. The SMILES string of the molecule is CNC1CC(Oc2cc(C)cc(C)c2C)C1(C)C. The van der Waals surface area contributed by atoms with E-state index >= 15 is 0 Å². The molecule has 1 saturated carbocycles. The van der Waals surface area contributed by atoms with E-state index in [1.807, 2.05) is 7.05 Å². The van der Waals surface area contributed by atoms with Gasteiger partial charge in [0, 0.05) is 17.9 Å². The smallest absolute Gasteiger partial charge is 0.123 e. The van der Waals surface area contributed by atoms with Gasteiger partial charge in [-0.15, -0.1) is 0 Å². The normalized spacial score (nSPS) is 25.7. The largest absolute Gasteiger partial charge is 0.489 e. The van der Waals surface area contributed by atoms with Gasteiger partial charge in [0.1, 0.15) is 11.9 Å². The molecule has 18 heavy (non-hydrogen) atoms. The standard InChI is InChI=1S/C16H25NO/c1-10-7-11(2)12(3)13(8-10)18-15-9-14(17-6)16(15,4)5/h7-8,14-15,17H,9H2,1-6H3. The van der Waals surface area contributed by atoms with E-state index in [2.05, 4.69) is 52.1 Å². The van der Waals surface area contributed by atoms with Gasteiger partial charge < -0.3 is 10.1 Å². The lowest BCUT2D eigenvalue weighted by atomic mass is 9.64. The van der Waals surface area contributed by atoms with Crippen molar-refractivity contribution in [1.29, 1.82) is 0 Å². The fourth-order valence-electron chi connectivity index (χ4n) is 2.85. The van der Waals surface area contributed by atoms with Crippen LogP contribution in [0, 0.1) is 26.2 Å². The third-order valence-electron chi connectivity index (χ3n) is 4.56. The molecule has 2 nitrogen and oxygen atoms in total. The highest BCUT2D eigenvalue weighted by Crippen LogP contribution is 2.43. The van der Waals surface area contributed by atoms with Gasteiger partial charge in [0.05, 0.1) is 0 Å². The quantitative estimate of drug-likeness (QED) is 0.884. The molecule has 2 heteroatoms. The van der Waals surface area contributed by atoms with Gasteiger partial charge in [0.25, 0.3) is 0 Å². The molecule has 1 aliphatic rings. The van der Waals surface area contributed by atoms with E-state index in [1.165, 1.54) is 16.7 Å². The molecule has 1 aromatic rings. The van der Waals surface area contributed by atoms with Crippen molar-refractivity contribution in [2.24, 2.45) is 5.41 Å². The first-order chi connectivity index (χ1) is 8.36. The monoisotopic (exact) mass is 247 g/mol. The van der Waals surface area contributed by atoms with Crippen molar-refractivity contribution < 1.29 is 4.74 Å². The fraction of sp³-hybridized carbons (Fsp3) is 0.625. The molecular weight excluding hydrogens is 222 g/mol. The highest BCUT2D eigenvalue weighted by molar-refractivity contribution is 5.42. The summed E-state index contributed by atoms with van der Waals surface area (Å²) >= 11 is 0. The van der Waals surface area contributed by atoms with Crippen LogP contribution in [0.3, 0.4) is 0 Å². The summed E-state index contributed by atoms with van der Waals surface area (Å²) in [5.41, 5.74) is 4.06. The van der Waals surface area contributed by atoms with Crippen molar-refractivity contribution in [3.05, 3.63) is 28.8 Å². The highest BCUT2D eigenvalue weighted by Gasteiger charge is 2.49. The molecule has 100 valence electrons. The summed E-state index contributed by atoms with van der Waals surface area (Å²) in [6, 6.07) is 4.93. The van der Waals surface area contributed by atoms with E-state index in [9.17, 15) is 0 Å². The van der Waals surface area contributed by atoms with Crippen LogP contribution in [-0.4, -0.2) is 19.2 Å². The minimum atomic E-state index is 0.207. The number of hydrogen-bond acceptors (Lipinski definition) is 2. The van der Waals surface area contributed by atoms with Crippen molar-refractivity contribution in [3.8, 4) is 5.75 Å². The van der Waals surface area contributed by atoms with Crippen molar-refractivity contribution in [3.63, 3.8) is 0 Å². The maximum atomic E-state index is 6.25. The van der Waals surface area contributed by atoms with Crippen LogP contribution in [0.5, 0.6) is 5.75 Å². The zero-order valence-electron chi connectivity index (χ0n) is 12.4. The number of nitrogens with one attached hydrogen (secondary N) is 1. The maximum Gasteiger partial charge on any atom is 0.123 e. The minimum absolute atomic E-state index is 0.207. The summed E-state index contributed by atoms with van der Waals surface area (Å²) in [5, 5.41) is 3.36. The van der Waals surface area contributed by atoms with Crippen LogP contribution in [0.1, 0.15) is 37.0 Å². The van der Waals surface area contributed by atoms with E-state index < -0.39 is 0 Å². The number of hydrogen-bond donors (Lipinski definition) is 1. The predicted molar refractivity (Wildman–Crippen MR) is 76.3 cm³/mol. The Bertz CT molecular complexity index is 451. The highest BCUT2D eigenvalue weighted by atomic mass is 16.5. The topological polar surface area (TPSA) is 21.3 Å². The average molecular weight is 247 g/mol. The summed E-state index contributed by atoms with van der Waals surface area (Å²) in [4.78, 5) is 0. The van der Waals surface area contributed by atoms with Crippen molar-refractivity contribution >= 4 is 0 Å². The summed E-state index contributed by atoms with van der Waals surface area (Å²) in [6.45, 7) is 11.0. The minimum Gasteiger partial charge on any atom is -0.489 e. The molecule has 1 N–H and O–H groups in total. The van der Waals surface area contributed by atoms with Gasteiger partial charge in [0.2, 0.25) is 0 Å². The van der Waals surface area contributed by atoms with E-state index in [4.69, 9.17) is 4.74 Å². The number of rotatable bonds is 3. The number of ether oxygens (including phenoxy) is 1. The van der Waals surface area contributed by atoms with Crippen molar-refractivity contribution in [2.75, 3.05) is 7.05 Å². The molecule has 0 spiro atoms. The molecule has 2 unspecified atom stereocenters. The third-order valence-corrected chi connectivity index (χ3v) is 4.56. The zero-order valence-corrected chi connectivity index (χ0v) is 12.4. The molecule has 0 heterocycles. The van der Waals surface area contributed by atoms with E-state index in [0.29, 0.717) is 12.1 Å². The molecule has 2 rings (SSSR count). The van der Waals surface area contributed by atoms with Gasteiger partial charge in [0.15, 0.2) is 0 Å². The zero-order chi connectivity index (χ0) is 13.5. The lowest BCUT2D eigenvalue weighted by Gasteiger charge is -2.51. The van der Waals surface area contributed by atoms with Gasteiger partial charge in [-0.2, -0.15) is 0 Å². The first-order valence-electron chi connectivity index (χ1n) is 6.78. The molecule has 0 bridgehead atoms. The predicted octanol–water partition coefficient (Wildman–Crippen LogP) is 3.38. The Morgan fingerprint density at radius 2 is 1.89 bits per heavy atom. The lowest BCUT2D eigenvalue weighted by molar-refractivity contribution is -0.0524. The summed E-state index contributed by atoms with van der Waals surface area (Å²) < 4.78 is 6.25. The van der Waals surface area contributed by atoms with Gasteiger partial charge in [-0.25, -0.2) is 0 Å². The van der Waals surface area contributed by atoms with Crippen molar-refractivity contribution in [1.82, 2.24) is 5.32 Å². The van der Waals surface area contributed by atoms with Crippen LogP contribution < -0.4 is 10.1 Å². The van der Waals surface area contributed by atoms with Crippen LogP contribution in [0.25, 0.3) is 0 Å². The van der Waals surface area contributed by atoms with E-state index in [-0.39, 0.29) is 5.41 Å². The van der Waals surface area contributed by atoms with Gasteiger partial charge in [-0.3, -0.25) is 0 Å². The molecule has 2 atom stereocenters. The van der Waals surface area contributed by atoms with Crippen LogP contribution in [0.15, 0.2) is 12.1 Å². The van der Waals surface area contributed by atoms with Gasteiger partial charge in [-0.05, 0) is 50.6 Å². The van der Waals surface area contributed by atoms with Gasteiger partial charge in [-0.1, -0.05) is 19.9 Å². The van der Waals surface area contributed by atoms with Crippen LogP contribution in [0.2, 0.25) is 0 Å². The van der Waals surface area contributed by atoms with E-state index in [0.717, 1.165) is 12.2 Å². The van der Waals surface area contributed by atoms with Crippen molar-refractivity contribution in [2.45, 2.75) is 53.2 Å². The maximum absolute atomic E-state index is 6.25. The molecule has 0 aromatic heterocycles. The first kappa shape index (κ1) is 13.4. The molecule has 1 fully saturated rings. The molecule has 0 saturated heterocycles. The number of aryl methyl sites for hydroxylation is 2. The second kappa shape index (κ2) is 4.58. The average Bonchev–Trinajstić information content (AvgIpc) is 2.29. The fourth-order valence-corrected chi connectivity index (χ4v) is 2.85. The summed E-state index contributed by atoms with van der Waals surface area (Å²) in [6.07, 6.45) is 1.41. The second-order valence-corrected chi connectivity index (χ2v) is 6.21. The Hall–Kier alpha value is -1.02. The summed E-state index contributed by atoms with van der Waals surface area (Å²) in [5.74, 6) is 1.06. The summed E-state index contributed by atoms with van der Waals surface area (Å²) in [7, 11) is 2.03. The Labute approximate surface area is 111 Å². The van der Waals surface area contributed by atoms with E-state index in [1.54, 1.807) is 0 Å². The Balaban J connectivity index is 2.17. The molecule has 1 aliphatic carbocycles. The lowest BCUT2D eigenvalue weighted by Crippen LogP contribution is -2.61. The number of benzene rings is 1. The second-order valence-electron chi connectivity index (χ2n) is 6.21.